The number of nitrogens with zero attached hydrogens (tertiary/aromatic N) is 1. The number of nitrogens with one attached hydrogen (secondary N) is 1. The molecule has 424 valence electrons. The molecule has 0 aromatic rings. The van der Waals surface area contributed by atoms with Crippen LogP contribution in [0.1, 0.15) is 296 Å². The minimum Gasteiger partial charge on any atom is -0.756 e. The van der Waals surface area contributed by atoms with Crippen LogP contribution in [-0.2, 0) is 18.4 Å². The topological polar surface area (TPSA) is 108 Å². The summed E-state index contributed by atoms with van der Waals surface area (Å²) < 4.78 is 23.4. The standard InChI is InChI=1S/C63H121N2O6P/c1-6-8-10-12-14-16-18-20-22-24-26-28-30-31-32-33-35-37-39-41-43-45-47-49-51-53-55-57-63(67)64-61(60-71-72(68,69)70-59-58-65(3,4)5)62(66)56-54-52-50-48-46-44-42-40-38-36-34-29-27-25-23-21-19-17-15-13-11-9-7-2/h31-32,38,40,46,48,54,56,61-62,66H,6-30,33-37,39,41-45,47,49-53,55,57-60H2,1-5H3,(H-,64,67,68,69)/b32-31-,40-38+,48-46+,56-54+. The number of hydrogen-bond donors (Lipinski definition) is 2. The zero-order chi connectivity index (χ0) is 52.7. The van der Waals surface area contributed by atoms with Gasteiger partial charge in [0.1, 0.15) is 13.2 Å². The molecule has 0 bridgehead atoms. The molecule has 72 heavy (non-hydrogen) atoms. The summed E-state index contributed by atoms with van der Waals surface area (Å²) in [4.78, 5) is 25.5. The minimum atomic E-state index is -4.61. The Morgan fingerprint density at radius 1 is 0.472 bits per heavy atom. The second-order valence-corrected chi connectivity index (χ2v) is 23.8. The smallest absolute Gasteiger partial charge is 0.268 e. The summed E-state index contributed by atoms with van der Waals surface area (Å²) in [5, 5.41) is 13.9. The van der Waals surface area contributed by atoms with Crippen LogP contribution in [0, 0.1) is 0 Å². The lowest BCUT2D eigenvalue weighted by molar-refractivity contribution is -0.870. The molecule has 0 aromatic heterocycles. The number of carbonyl (C=O) groups is 1. The molecule has 9 heteroatoms. The third kappa shape index (κ3) is 56.2. The SMILES string of the molecule is CCCCCCCCCCCCCC/C=C\CCCCCCCCCCCCCC(=O)NC(COP(=O)([O-])OCC[N+](C)(C)C)C(O)/C=C/CC/C=C/CC/C=C/CCCCCCCCCCCCCCC. The van der Waals surface area contributed by atoms with Crippen molar-refractivity contribution in [3.05, 3.63) is 48.6 Å². The quantitative estimate of drug-likeness (QED) is 0.0272. The molecule has 0 aliphatic rings. The number of phosphoric acid groups is 1. The summed E-state index contributed by atoms with van der Waals surface area (Å²) in [5.74, 6) is -0.209. The Morgan fingerprint density at radius 2 is 0.778 bits per heavy atom. The number of quaternary nitrogens is 1. The fourth-order valence-electron chi connectivity index (χ4n) is 9.12. The second kappa shape index (κ2) is 54.3. The Bertz CT molecular complexity index is 1310. The number of likely N-dealkylation sites (N-methyl/N-ethyl adjacent to an activating group) is 1. The van der Waals surface area contributed by atoms with E-state index in [1.165, 1.54) is 231 Å². The number of amides is 1. The predicted octanol–water partition coefficient (Wildman–Crippen LogP) is 18.5. The van der Waals surface area contributed by atoms with E-state index in [4.69, 9.17) is 9.05 Å². The van der Waals surface area contributed by atoms with Gasteiger partial charge in [0, 0.05) is 6.42 Å². The Balaban J connectivity index is 4.21. The van der Waals surface area contributed by atoms with Crippen LogP contribution in [0.15, 0.2) is 48.6 Å². The average molecular weight is 1030 g/mol. The molecule has 0 radical (unpaired) electrons. The molecule has 3 unspecified atom stereocenters. The first-order valence-corrected chi connectivity index (χ1v) is 32.5. The van der Waals surface area contributed by atoms with E-state index < -0.39 is 26.6 Å². The highest BCUT2D eigenvalue weighted by atomic mass is 31.2. The predicted molar refractivity (Wildman–Crippen MR) is 311 cm³/mol. The van der Waals surface area contributed by atoms with Gasteiger partial charge in [-0.3, -0.25) is 9.36 Å². The molecule has 0 saturated carbocycles. The van der Waals surface area contributed by atoms with Crippen molar-refractivity contribution in [1.29, 1.82) is 0 Å². The fourth-order valence-corrected chi connectivity index (χ4v) is 9.85. The molecule has 8 nitrogen and oxygen atoms in total. The zero-order valence-corrected chi connectivity index (χ0v) is 49.3. The highest BCUT2D eigenvalue weighted by Gasteiger charge is 2.23. The summed E-state index contributed by atoms with van der Waals surface area (Å²) in [6.45, 7) is 4.66. The van der Waals surface area contributed by atoms with Gasteiger partial charge in [0.05, 0.1) is 39.9 Å². The molecule has 0 heterocycles. The van der Waals surface area contributed by atoms with Gasteiger partial charge < -0.3 is 28.8 Å². The fraction of sp³-hybridized carbons (Fsp3) is 0.857. The molecule has 1 amide bonds. The Morgan fingerprint density at radius 3 is 1.12 bits per heavy atom. The molecule has 0 spiro atoms. The Hall–Kier alpha value is -1.54. The van der Waals surface area contributed by atoms with Crippen molar-refractivity contribution in [3.8, 4) is 0 Å². The molecule has 0 aliphatic heterocycles. The lowest BCUT2D eigenvalue weighted by Crippen LogP contribution is -2.45. The van der Waals surface area contributed by atoms with E-state index >= 15 is 0 Å². The highest BCUT2D eigenvalue weighted by Crippen LogP contribution is 2.38. The number of unbranched alkanes of at least 4 members (excludes halogenated alkanes) is 38. The van der Waals surface area contributed by atoms with Gasteiger partial charge in [-0.2, -0.15) is 0 Å². The minimum absolute atomic E-state index is 0.00922. The molecule has 0 rings (SSSR count). The molecular weight excluding hydrogens is 912 g/mol. The molecule has 0 fully saturated rings. The van der Waals surface area contributed by atoms with Crippen molar-refractivity contribution in [1.82, 2.24) is 5.32 Å². The molecule has 3 atom stereocenters. The van der Waals surface area contributed by atoms with Crippen LogP contribution in [0.25, 0.3) is 0 Å². The van der Waals surface area contributed by atoms with Crippen molar-refractivity contribution >= 4 is 13.7 Å². The van der Waals surface area contributed by atoms with E-state index in [9.17, 15) is 19.4 Å². The van der Waals surface area contributed by atoms with Crippen LogP contribution in [0.3, 0.4) is 0 Å². The maximum atomic E-state index is 13.0. The van der Waals surface area contributed by atoms with Crippen LogP contribution in [0.2, 0.25) is 0 Å². The highest BCUT2D eigenvalue weighted by molar-refractivity contribution is 7.45. The van der Waals surface area contributed by atoms with Crippen molar-refractivity contribution in [2.24, 2.45) is 0 Å². The molecule has 0 saturated heterocycles. The van der Waals surface area contributed by atoms with Crippen LogP contribution in [-0.4, -0.2) is 68.5 Å². The lowest BCUT2D eigenvalue weighted by Gasteiger charge is -2.29. The summed E-state index contributed by atoms with van der Waals surface area (Å²) >= 11 is 0. The number of rotatable bonds is 57. The van der Waals surface area contributed by atoms with Crippen molar-refractivity contribution in [2.45, 2.75) is 309 Å². The molecular formula is C63H121N2O6P. The number of hydrogen-bond acceptors (Lipinski definition) is 6. The number of carbonyl (C=O) groups excluding carboxylic acids is 1. The monoisotopic (exact) mass is 1030 g/mol. The van der Waals surface area contributed by atoms with E-state index in [-0.39, 0.29) is 12.5 Å². The van der Waals surface area contributed by atoms with Crippen molar-refractivity contribution in [3.63, 3.8) is 0 Å². The first kappa shape index (κ1) is 70.5. The van der Waals surface area contributed by atoms with Crippen LogP contribution in [0.4, 0.5) is 0 Å². The van der Waals surface area contributed by atoms with Gasteiger partial charge in [-0.25, -0.2) is 0 Å². The summed E-state index contributed by atoms with van der Waals surface area (Å²) in [7, 11) is 1.24. The first-order valence-electron chi connectivity index (χ1n) is 31.0. The number of allylic oxidation sites excluding steroid dienone is 7. The zero-order valence-electron chi connectivity index (χ0n) is 48.4. The third-order valence-electron chi connectivity index (χ3n) is 14.0. The van der Waals surface area contributed by atoms with Gasteiger partial charge in [0.15, 0.2) is 0 Å². The summed E-state index contributed by atoms with van der Waals surface area (Å²) in [6.07, 6.45) is 72.1. The molecule has 0 aliphatic carbocycles. The third-order valence-corrected chi connectivity index (χ3v) is 15.0. The van der Waals surface area contributed by atoms with Gasteiger partial charge in [-0.1, -0.05) is 268 Å². The largest absolute Gasteiger partial charge is 0.756 e. The molecule has 0 aromatic carbocycles. The lowest BCUT2D eigenvalue weighted by atomic mass is 10.0. The maximum Gasteiger partial charge on any atom is 0.268 e. The number of aliphatic hydroxyl groups excluding tert-OH is 1. The average Bonchev–Trinajstić information content (AvgIpc) is 3.34. The Kier molecular flexibility index (Phi) is 53.1. The normalized spacial score (nSPS) is 14.2. The van der Waals surface area contributed by atoms with Gasteiger partial charge in [-0.15, -0.1) is 0 Å². The van der Waals surface area contributed by atoms with E-state index in [0.717, 1.165) is 44.9 Å². The van der Waals surface area contributed by atoms with Crippen molar-refractivity contribution < 1.29 is 32.9 Å². The number of aliphatic hydroxyl groups is 1. The summed E-state index contributed by atoms with van der Waals surface area (Å²) in [6, 6.07) is -0.912. The molecule has 2 N–H and O–H groups in total. The van der Waals surface area contributed by atoms with Gasteiger partial charge in [0.2, 0.25) is 5.91 Å². The van der Waals surface area contributed by atoms with E-state index in [1.54, 1.807) is 6.08 Å². The Labute approximate surface area is 448 Å². The van der Waals surface area contributed by atoms with E-state index in [2.05, 4.69) is 55.6 Å². The van der Waals surface area contributed by atoms with Crippen LogP contribution in [0.5, 0.6) is 0 Å². The second-order valence-electron chi connectivity index (χ2n) is 22.4. The van der Waals surface area contributed by atoms with Crippen LogP contribution >= 0.6 is 7.82 Å². The summed E-state index contributed by atoms with van der Waals surface area (Å²) in [5.41, 5.74) is 0. The van der Waals surface area contributed by atoms with E-state index in [0.29, 0.717) is 17.4 Å². The maximum absolute atomic E-state index is 13.0. The van der Waals surface area contributed by atoms with Gasteiger partial charge >= 0.3 is 0 Å². The first-order chi connectivity index (χ1) is 35.0. The van der Waals surface area contributed by atoms with Crippen molar-refractivity contribution in [2.75, 3.05) is 40.9 Å². The van der Waals surface area contributed by atoms with Crippen LogP contribution < -0.4 is 10.2 Å². The van der Waals surface area contributed by atoms with Gasteiger partial charge in [-0.05, 0) is 70.6 Å². The van der Waals surface area contributed by atoms with E-state index in [1.807, 2.05) is 27.2 Å². The number of phosphoric ester groups is 1. The van der Waals surface area contributed by atoms with Gasteiger partial charge in [0.25, 0.3) is 7.82 Å².